The van der Waals surface area contributed by atoms with Crippen molar-refractivity contribution in [2.24, 2.45) is 0 Å². The van der Waals surface area contributed by atoms with Gasteiger partial charge >= 0.3 is 6.18 Å². The molecule has 1 aliphatic heterocycles. The first-order valence-corrected chi connectivity index (χ1v) is 6.81. The van der Waals surface area contributed by atoms with Crippen molar-refractivity contribution in [1.29, 1.82) is 0 Å². The van der Waals surface area contributed by atoms with E-state index in [0.29, 0.717) is 0 Å². The Balaban J connectivity index is 2.47. The van der Waals surface area contributed by atoms with E-state index in [0.717, 1.165) is 11.0 Å². The van der Waals surface area contributed by atoms with Crippen LogP contribution in [0.2, 0.25) is 0 Å². The van der Waals surface area contributed by atoms with E-state index in [-0.39, 0.29) is 16.7 Å². The van der Waals surface area contributed by atoms with Crippen molar-refractivity contribution < 1.29 is 22.8 Å². The standard InChI is InChI=1S/C13H12BrF3N2O2/c1-12(2)11(21)19(6-10(20)18-12)7-3-4-9(14)8(5-7)13(15,16)17/h3-5H,6H2,1-2H3,(H,18,20). The molecule has 0 aliphatic carbocycles. The van der Waals surface area contributed by atoms with Crippen molar-refractivity contribution in [3.8, 4) is 0 Å². The van der Waals surface area contributed by atoms with Crippen molar-refractivity contribution >= 4 is 33.4 Å². The summed E-state index contributed by atoms with van der Waals surface area (Å²) in [7, 11) is 0. The van der Waals surface area contributed by atoms with Crippen LogP contribution in [-0.2, 0) is 15.8 Å². The fourth-order valence-electron chi connectivity index (χ4n) is 2.10. The highest BCUT2D eigenvalue weighted by atomic mass is 79.9. The summed E-state index contributed by atoms with van der Waals surface area (Å²) < 4.78 is 38.6. The Hall–Kier alpha value is -1.57. The smallest absolute Gasteiger partial charge is 0.341 e. The second-order valence-electron chi connectivity index (χ2n) is 5.23. The first kappa shape index (κ1) is 15.8. The van der Waals surface area contributed by atoms with Crippen LogP contribution >= 0.6 is 15.9 Å². The van der Waals surface area contributed by atoms with E-state index in [9.17, 15) is 22.8 Å². The molecule has 0 radical (unpaired) electrons. The maximum atomic E-state index is 12.9. The van der Waals surface area contributed by atoms with Gasteiger partial charge in [-0.2, -0.15) is 13.2 Å². The minimum Gasteiger partial charge on any atom is -0.341 e. The molecule has 0 atom stereocenters. The average Bonchev–Trinajstić information content (AvgIpc) is 2.32. The van der Waals surface area contributed by atoms with Crippen LogP contribution in [0.4, 0.5) is 18.9 Å². The lowest BCUT2D eigenvalue weighted by Crippen LogP contribution is -2.64. The Labute approximate surface area is 127 Å². The number of nitrogens with one attached hydrogen (secondary N) is 1. The number of carbonyl (C=O) groups excluding carboxylic acids is 2. The zero-order valence-corrected chi connectivity index (χ0v) is 12.8. The predicted octanol–water partition coefficient (Wildman–Crippen LogP) is 2.71. The Bertz CT molecular complexity index is 614. The first-order valence-electron chi connectivity index (χ1n) is 6.02. The molecule has 8 heteroatoms. The summed E-state index contributed by atoms with van der Waals surface area (Å²) in [4.78, 5) is 24.9. The minimum absolute atomic E-state index is 0.0402. The Morgan fingerprint density at radius 2 is 1.90 bits per heavy atom. The van der Waals surface area contributed by atoms with E-state index in [1.165, 1.54) is 26.0 Å². The fourth-order valence-corrected chi connectivity index (χ4v) is 2.57. The SMILES string of the molecule is CC1(C)NC(=O)CN(c2ccc(Br)c(C(F)(F)F)c2)C1=O. The van der Waals surface area contributed by atoms with E-state index in [4.69, 9.17) is 0 Å². The van der Waals surface area contributed by atoms with Gasteiger partial charge in [-0.25, -0.2) is 0 Å². The summed E-state index contributed by atoms with van der Waals surface area (Å²) in [6, 6.07) is 3.44. The van der Waals surface area contributed by atoms with E-state index in [2.05, 4.69) is 21.2 Å². The average molecular weight is 365 g/mol. The van der Waals surface area contributed by atoms with Crippen molar-refractivity contribution in [2.75, 3.05) is 11.4 Å². The summed E-state index contributed by atoms with van der Waals surface area (Å²) in [6.45, 7) is 2.70. The van der Waals surface area contributed by atoms with Crippen molar-refractivity contribution in [2.45, 2.75) is 25.6 Å². The van der Waals surface area contributed by atoms with Crippen molar-refractivity contribution in [3.05, 3.63) is 28.2 Å². The maximum absolute atomic E-state index is 12.9. The van der Waals surface area contributed by atoms with Crippen LogP contribution in [0, 0.1) is 0 Å². The number of benzene rings is 1. The molecule has 1 aromatic carbocycles. The summed E-state index contributed by atoms with van der Waals surface area (Å²) in [5, 5.41) is 2.50. The van der Waals surface area contributed by atoms with Crippen LogP contribution in [0.1, 0.15) is 19.4 Å². The number of amides is 2. The molecule has 1 aromatic rings. The second-order valence-corrected chi connectivity index (χ2v) is 6.08. The molecule has 4 nitrogen and oxygen atoms in total. The number of carbonyl (C=O) groups is 2. The number of anilines is 1. The van der Waals surface area contributed by atoms with Gasteiger partial charge in [-0.3, -0.25) is 9.59 Å². The van der Waals surface area contributed by atoms with Gasteiger partial charge in [0, 0.05) is 10.2 Å². The minimum atomic E-state index is -4.55. The highest BCUT2D eigenvalue weighted by Crippen LogP contribution is 2.37. The van der Waals surface area contributed by atoms with Crippen LogP contribution in [-0.4, -0.2) is 23.9 Å². The monoisotopic (exact) mass is 364 g/mol. The van der Waals surface area contributed by atoms with Gasteiger partial charge in [0.25, 0.3) is 5.91 Å². The number of rotatable bonds is 1. The number of alkyl halides is 3. The van der Waals surface area contributed by atoms with Gasteiger partial charge in [0.1, 0.15) is 12.1 Å². The van der Waals surface area contributed by atoms with Gasteiger partial charge in [0.05, 0.1) is 5.56 Å². The second kappa shape index (κ2) is 5.01. The topological polar surface area (TPSA) is 49.4 Å². The van der Waals surface area contributed by atoms with Crippen LogP contribution in [0.15, 0.2) is 22.7 Å². The van der Waals surface area contributed by atoms with Crippen LogP contribution < -0.4 is 10.2 Å². The van der Waals surface area contributed by atoms with Gasteiger partial charge in [0.15, 0.2) is 0 Å². The molecule has 1 fully saturated rings. The molecule has 0 spiro atoms. The normalized spacial score (nSPS) is 18.7. The highest BCUT2D eigenvalue weighted by molar-refractivity contribution is 9.10. The molecular weight excluding hydrogens is 353 g/mol. The third-order valence-electron chi connectivity index (χ3n) is 3.10. The largest absolute Gasteiger partial charge is 0.417 e. The summed E-state index contributed by atoms with van der Waals surface area (Å²) in [6.07, 6.45) is -4.55. The number of piperazine rings is 1. The van der Waals surface area contributed by atoms with E-state index < -0.39 is 29.1 Å². The molecule has 1 saturated heterocycles. The number of hydrogen-bond donors (Lipinski definition) is 1. The molecule has 0 saturated carbocycles. The molecule has 0 bridgehead atoms. The third-order valence-corrected chi connectivity index (χ3v) is 3.79. The third kappa shape index (κ3) is 3.04. The van der Waals surface area contributed by atoms with Gasteiger partial charge in [-0.05, 0) is 32.0 Å². The van der Waals surface area contributed by atoms with Crippen molar-refractivity contribution in [1.82, 2.24) is 5.32 Å². The van der Waals surface area contributed by atoms with Gasteiger partial charge in [-0.15, -0.1) is 0 Å². The van der Waals surface area contributed by atoms with Gasteiger partial charge in [0.2, 0.25) is 5.91 Å². The Morgan fingerprint density at radius 3 is 2.48 bits per heavy atom. The zero-order valence-electron chi connectivity index (χ0n) is 11.2. The zero-order chi connectivity index (χ0) is 16.0. The molecule has 21 heavy (non-hydrogen) atoms. The number of halogens is 4. The molecule has 0 aromatic heterocycles. The Kier molecular flexibility index (Phi) is 3.77. The molecule has 2 amide bonds. The molecule has 1 aliphatic rings. The molecular formula is C13H12BrF3N2O2. The predicted molar refractivity (Wildman–Crippen MR) is 73.7 cm³/mol. The summed E-state index contributed by atoms with van der Waals surface area (Å²) in [5.41, 5.74) is -2.00. The number of nitrogens with zero attached hydrogens (tertiary/aromatic N) is 1. The molecule has 2 rings (SSSR count). The lowest BCUT2D eigenvalue weighted by Gasteiger charge is -2.37. The molecule has 1 N–H and O–H groups in total. The lowest BCUT2D eigenvalue weighted by molar-refractivity contribution is -0.138. The first-order chi connectivity index (χ1) is 9.52. The highest BCUT2D eigenvalue weighted by Gasteiger charge is 2.41. The quantitative estimate of drug-likeness (QED) is 0.832. The molecule has 0 unspecified atom stereocenters. The summed E-state index contributed by atoms with van der Waals surface area (Å²) >= 11 is 2.84. The summed E-state index contributed by atoms with van der Waals surface area (Å²) in [5.74, 6) is -0.881. The van der Waals surface area contributed by atoms with E-state index in [1.807, 2.05) is 0 Å². The van der Waals surface area contributed by atoms with E-state index in [1.54, 1.807) is 0 Å². The van der Waals surface area contributed by atoms with Crippen LogP contribution in [0.5, 0.6) is 0 Å². The molecule has 114 valence electrons. The van der Waals surface area contributed by atoms with Gasteiger partial charge < -0.3 is 10.2 Å². The van der Waals surface area contributed by atoms with Crippen LogP contribution in [0.3, 0.4) is 0 Å². The van der Waals surface area contributed by atoms with Gasteiger partial charge in [-0.1, -0.05) is 15.9 Å². The lowest BCUT2D eigenvalue weighted by atomic mass is 9.99. The molecule has 1 heterocycles. The Morgan fingerprint density at radius 1 is 1.29 bits per heavy atom. The fraction of sp³-hybridized carbons (Fsp3) is 0.385. The van der Waals surface area contributed by atoms with Crippen LogP contribution in [0.25, 0.3) is 0 Å². The number of hydrogen-bond acceptors (Lipinski definition) is 2. The van der Waals surface area contributed by atoms with E-state index >= 15 is 0 Å². The van der Waals surface area contributed by atoms with Crippen molar-refractivity contribution in [3.63, 3.8) is 0 Å². The maximum Gasteiger partial charge on any atom is 0.417 e.